The van der Waals surface area contributed by atoms with E-state index in [4.69, 9.17) is 0 Å². The van der Waals surface area contributed by atoms with E-state index in [1.165, 1.54) is 5.56 Å². The summed E-state index contributed by atoms with van der Waals surface area (Å²) >= 11 is 0. The number of hydrogen-bond acceptors (Lipinski definition) is 3. The summed E-state index contributed by atoms with van der Waals surface area (Å²) in [5.74, 6) is 0. The highest BCUT2D eigenvalue weighted by Gasteiger charge is 2.19. The van der Waals surface area contributed by atoms with Crippen molar-refractivity contribution in [3.8, 4) is 0 Å². The number of pyridine rings is 1. The Morgan fingerprint density at radius 1 is 1.41 bits per heavy atom. The zero-order chi connectivity index (χ0) is 12.7. The smallest absolute Gasteiger partial charge is 0.0312 e. The second-order valence-corrected chi connectivity index (χ2v) is 5.48. The van der Waals surface area contributed by atoms with Crippen LogP contribution in [0.2, 0.25) is 0 Å². The molecule has 1 N–H and O–H groups in total. The third-order valence-corrected chi connectivity index (χ3v) is 2.73. The summed E-state index contributed by atoms with van der Waals surface area (Å²) in [6.45, 7) is 10.9. The van der Waals surface area contributed by atoms with Crippen LogP contribution in [0.4, 0.5) is 0 Å². The van der Waals surface area contributed by atoms with Crippen LogP contribution in [0, 0.1) is 5.41 Å². The maximum absolute atomic E-state index is 4.14. The van der Waals surface area contributed by atoms with Gasteiger partial charge in [0.1, 0.15) is 0 Å². The van der Waals surface area contributed by atoms with Crippen LogP contribution < -0.4 is 5.32 Å². The molecular weight excluding hydrogens is 210 g/mol. The summed E-state index contributed by atoms with van der Waals surface area (Å²) in [6.07, 6.45) is 3.76. The number of hydrogen-bond donors (Lipinski definition) is 1. The third kappa shape index (κ3) is 5.80. The highest BCUT2D eigenvalue weighted by atomic mass is 15.1. The first-order valence-electron chi connectivity index (χ1n) is 6.31. The molecule has 1 aromatic heterocycles. The van der Waals surface area contributed by atoms with Gasteiger partial charge in [0.2, 0.25) is 0 Å². The van der Waals surface area contributed by atoms with E-state index in [1.807, 2.05) is 18.5 Å². The molecule has 0 amide bonds. The Morgan fingerprint density at radius 2 is 2.18 bits per heavy atom. The van der Waals surface area contributed by atoms with E-state index < -0.39 is 0 Å². The van der Waals surface area contributed by atoms with Crippen molar-refractivity contribution in [1.29, 1.82) is 0 Å². The van der Waals surface area contributed by atoms with E-state index >= 15 is 0 Å². The monoisotopic (exact) mass is 235 g/mol. The number of nitrogens with zero attached hydrogens (tertiary/aromatic N) is 2. The van der Waals surface area contributed by atoms with Gasteiger partial charge in [-0.1, -0.05) is 26.8 Å². The average Bonchev–Trinajstić information content (AvgIpc) is 2.27. The molecule has 0 aliphatic rings. The number of rotatable bonds is 7. The Hall–Kier alpha value is -0.930. The molecule has 0 aliphatic heterocycles. The topological polar surface area (TPSA) is 28.2 Å². The van der Waals surface area contributed by atoms with Gasteiger partial charge in [0.25, 0.3) is 0 Å². The van der Waals surface area contributed by atoms with Gasteiger partial charge >= 0.3 is 0 Å². The highest BCUT2D eigenvalue weighted by molar-refractivity contribution is 5.08. The SMILES string of the molecule is CCNCC(C)(C)CN(C)Cc1cccnc1. The second kappa shape index (κ2) is 6.72. The van der Waals surface area contributed by atoms with E-state index in [0.29, 0.717) is 5.41 Å². The standard InChI is InChI=1S/C14H25N3/c1-5-15-11-14(2,3)12-17(4)10-13-7-6-8-16-9-13/h6-9,15H,5,10-12H2,1-4H3. The number of nitrogens with one attached hydrogen (secondary N) is 1. The maximum Gasteiger partial charge on any atom is 0.0312 e. The lowest BCUT2D eigenvalue weighted by Gasteiger charge is -2.30. The van der Waals surface area contributed by atoms with Crippen LogP contribution in [0.3, 0.4) is 0 Å². The summed E-state index contributed by atoms with van der Waals surface area (Å²) in [6, 6.07) is 4.12. The lowest BCUT2D eigenvalue weighted by Crippen LogP contribution is -2.38. The summed E-state index contributed by atoms with van der Waals surface area (Å²) < 4.78 is 0. The molecule has 0 aromatic carbocycles. The summed E-state index contributed by atoms with van der Waals surface area (Å²) in [4.78, 5) is 6.50. The van der Waals surface area contributed by atoms with Crippen LogP contribution in [0.15, 0.2) is 24.5 Å². The van der Waals surface area contributed by atoms with Gasteiger partial charge in [-0.2, -0.15) is 0 Å². The molecule has 1 aromatic rings. The molecule has 1 heterocycles. The Bertz CT molecular complexity index is 309. The first-order valence-corrected chi connectivity index (χ1v) is 6.31. The van der Waals surface area contributed by atoms with Crippen molar-refractivity contribution < 1.29 is 0 Å². The molecule has 0 bridgehead atoms. The average molecular weight is 235 g/mol. The molecule has 3 heteroatoms. The first-order chi connectivity index (χ1) is 8.03. The van der Waals surface area contributed by atoms with Gasteiger partial charge in [0.05, 0.1) is 0 Å². The predicted molar refractivity (Wildman–Crippen MR) is 72.9 cm³/mol. The first kappa shape index (κ1) is 14.1. The molecule has 17 heavy (non-hydrogen) atoms. The molecule has 0 unspecified atom stereocenters. The van der Waals surface area contributed by atoms with Gasteiger partial charge in [0.15, 0.2) is 0 Å². The van der Waals surface area contributed by atoms with Crippen molar-refractivity contribution in [2.24, 2.45) is 5.41 Å². The fraction of sp³-hybridized carbons (Fsp3) is 0.643. The summed E-state index contributed by atoms with van der Waals surface area (Å²) in [7, 11) is 2.17. The van der Waals surface area contributed by atoms with Crippen molar-refractivity contribution in [3.63, 3.8) is 0 Å². The van der Waals surface area contributed by atoms with E-state index in [-0.39, 0.29) is 0 Å². The minimum atomic E-state index is 0.299. The molecule has 0 radical (unpaired) electrons. The van der Waals surface area contributed by atoms with E-state index in [0.717, 1.165) is 26.2 Å². The highest BCUT2D eigenvalue weighted by Crippen LogP contribution is 2.16. The Kier molecular flexibility index (Phi) is 5.59. The van der Waals surface area contributed by atoms with Gasteiger partial charge in [-0.3, -0.25) is 4.98 Å². The zero-order valence-electron chi connectivity index (χ0n) is 11.5. The molecule has 0 saturated heterocycles. The van der Waals surface area contributed by atoms with Crippen LogP contribution in [-0.2, 0) is 6.54 Å². The molecule has 0 saturated carbocycles. The second-order valence-electron chi connectivity index (χ2n) is 5.48. The van der Waals surface area contributed by atoms with Crippen LogP contribution in [0.25, 0.3) is 0 Å². The van der Waals surface area contributed by atoms with Gasteiger partial charge < -0.3 is 10.2 Å². The lowest BCUT2D eigenvalue weighted by molar-refractivity contribution is 0.199. The maximum atomic E-state index is 4.14. The fourth-order valence-electron chi connectivity index (χ4n) is 2.11. The van der Waals surface area contributed by atoms with Gasteiger partial charge in [0, 0.05) is 32.0 Å². The zero-order valence-corrected chi connectivity index (χ0v) is 11.5. The third-order valence-electron chi connectivity index (χ3n) is 2.73. The molecule has 3 nitrogen and oxygen atoms in total. The Morgan fingerprint density at radius 3 is 2.76 bits per heavy atom. The summed E-state index contributed by atoms with van der Waals surface area (Å²) in [5.41, 5.74) is 1.57. The molecule has 0 fully saturated rings. The minimum absolute atomic E-state index is 0.299. The van der Waals surface area contributed by atoms with Gasteiger partial charge in [-0.05, 0) is 30.6 Å². The quantitative estimate of drug-likeness (QED) is 0.785. The van der Waals surface area contributed by atoms with Crippen molar-refractivity contribution >= 4 is 0 Å². The Labute approximate surface area is 105 Å². The molecular formula is C14H25N3. The molecule has 96 valence electrons. The predicted octanol–water partition coefficient (Wildman–Crippen LogP) is 2.15. The van der Waals surface area contributed by atoms with Crippen LogP contribution in [-0.4, -0.2) is 36.6 Å². The van der Waals surface area contributed by atoms with Crippen molar-refractivity contribution in [3.05, 3.63) is 30.1 Å². The van der Waals surface area contributed by atoms with Crippen LogP contribution >= 0.6 is 0 Å². The van der Waals surface area contributed by atoms with Crippen LogP contribution in [0.1, 0.15) is 26.3 Å². The molecule has 0 spiro atoms. The van der Waals surface area contributed by atoms with Crippen molar-refractivity contribution in [2.75, 3.05) is 26.7 Å². The van der Waals surface area contributed by atoms with E-state index in [1.54, 1.807) is 0 Å². The van der Waals surface area contributed by atoms with Crippen LogP contribution in [0.5, 0.6) is 0 Å². The van der Waals surface area contributed by atoms with Crippen molar-refractivity contribution in [1.82, 2.24) is 15.2 Å². The fourth-order valence-corrected chi connectivity index (χ4v) is 2.11. The Balaban J connectivity index is 2.41. The normalized spacial score (nSPS) is 12.1. The molecule has 0 aliphatic carbocycles. The van der Waals surface area contributed by atoms with Crippen molar-refractivity contribution in [2.45, 2.75) is 27.3 Å². The molecule has 1 rings (SSSR count). The van der Waals surface area contributed by atoms with E-state index in [9.17, 15) is 0 Å². The van der Waals surface area contributed by atoms with Gasteiger partial charge in [-0.25, -0.2) is 0 Å². The lowest BCUT2D eigenvalue weighted by atomic mass is 9.92. The van der Waals surface area contributed by atoms with E-state index in [2.05, 4.69) is 49.1 Å². The van der Waals surface area contributed by atoms with Gasteiger partial charge in [-0.15, -0.1) is 0 Å². The largest absolute Gasteiger partial charge is 0.316 e. The summed E-state index contributed by atoms with van der Waals surface area (Å²) in [5, 5.41) is 3.42. The minimum Gasteiger partial charge on any atom is -0.316 e. The number of aromatic nitrogens is 1. The molecule has 0 atom stereocenters.